The fraction of sp³-hybridized carbons (Fsp3) is 0.143. The van der Waals surface area contributed by atoms with Gasteiger partial charge in [0, 0.05) is 13.3 Å². The lowest BCUT2D eigenvalue weighted by molar-refractivity contribution is 0.586. The van der Waals surface area contributed by atoms with Crippen LogP contribution in [0.25, 0.3) is 16.9 Å². The normalized spacial score (nSPS) is 11.5. The van der Waals surface area contributed by atoms with Gasteiger partial charge in [-0.1, -0.05) is 0 Å². The Hall–Kier alpha value is -2.99. The van der Waals surface area contributed by atoms with E-state index in [0.29, 0.717) is 11.3 Å². The first kappa shape index (κ1) is 14.9. The summed E-state index contributed by atoms with van der Waals surface area (Å²) in [5.41, 5.74) is 0.384. The first-order chi connectivity index (χ1) is 10.8. The number of nitriles is 1. The smallest absolute Gasteiger partial charge is 0.287 e. The van der Waals surface area contributed by atoms with Crippen molar-refractivity contribution in [2.45, 2.75) is 5.16 Å². The Morgan fingerprint density at radius 1 is 1.22 bits per heavy atom. The second kappa shape index (κ2) is 5.03. The average molecular weight is 329 g/mol. The van der Waals surface area contributed by atoms with E-state index < -0.39 is 15.4 Å². The van der Waals surface area contributed by atoms with Gasteiger partial charge in [-0.2, -0.15) is 10.2 Å². The number of sulfone groups is 1. The van der Waals surface area contributed by atoms with Crippen LogP contribution in [-0.2, 0) is 16.9 Å². The zero-order valence-electron chi connectivity index (χ0n) is 12.3. The molecule has 0 aliphatic rings. The molecule has 0 aliphatic carbocycles. The van der Waals surface area contributed by atoms with E-state index in [0.717, 1.165) is 10.8 Å². The Morgan fingerprint density at radius 3 is 2.43 bits per heavy atom. The highest BCUT2D eigenvalue weighted by atomic mass is 32.2. The van der Waals surface area contributed by atoms with Gasteiger partial charge in [-0.15, -0.1) is 0 Å². The van der Waals surface area contributed by atoms with Gasteiger partial charge >= 0.3 is 0 Å². The van der Waals surface area contributed by atoms with E-state index in [4.69, 9.17) is 5.26 Å². The molecule has 0 amide bonds. The van der Waals surface area contributed by atoms with E-state index in [1.165, 1.54) is 35.2 Å². The molecule has 0 spiro atoms. The lowest BCUT2D eigenvalue weighted by Crippen LogP contribution is -2.26. The van der Waals surface area contributed by atoms with Crippen molar-refractivity contribution in [2.75, 3.05) is 6.26 Å². The zero-order valence-corrected chi connectivity index (χ0v) is 13.1. The van der Waals surface area contributed by atoms with Crippen LogP contribution in [0.4, 0.5) is 0 Å². The number of nitrogens with zero attached hydrogens (tertiary/aromatic N) is 5. The topological polar surface area (TPSA) is 111 Å². The highest BCUT2D eigenvalue weighted by Gasteiger charge is 2.22. The fourth-order valence-corrected chi connectivity index (χ4v) is 2.97. The molecule has 0 saturated heterocycles. The summed E-state index contributed by atoms with van der Waals surface area (Å²) < 4.78 is 26.6. The summed E-state index contributed by atoms with van der Waals surface area (Å²) >= 11 is 0. The number of aromatic nitrogens is 4. The number of aryl methyl sites for hydroxylation is 1. The molecule has 3 aromatic rings. The van der Waals surface area contributed by atoms with Gasteiger partial charge in [0.25, 0.3) is 5.56 Å². The molecule has 0 bridgehead atoms. The van der Waals surface area contributed by atoms with Gasteiger partial charge in [0.15, 0.2) is 11.2 Å². The van der Waals surface area contributed by atoms with Crippen molar-refractivity contribution in [3.8, 4) is 11.8 Å². The van der Waals surface area contributed by atoms with Crippen LogP contribution in [0.15, 0.2) is 40.5 Å². The molecule has 3 rings (SSSR count). The summed E-state index contributed by atoms with van der Waals surface area (Å²) in [5.74, 6) is 0. The summed E-state index contributed by atoms with van der Waals surface area (Å²) in [5, 5.41) is 8.47. The summed E-state index contributed by atoms with van der Waals surface area (Å²) in [6.45, 7) is 0. The molecule has 1 aromatic carbocycles. The highest BCUT2D eigenvalue weighted by molar-refractivity contribution is 7.90. The quantitative estimate of drug-likeness (QED) is 0.629. The predicted molar refractivity (Wildman–Crippen MR) is 81.9 cm³/mol. The Balaban J connectivity index is 2.45. The van der Waals surface area contributed by atoms with Crippen LogP contribution in [0.3, 0.4) is 0 Å². The molecule has 2 aromatic heterocycles. The minimum Gasteiger partial charge on any atom is -0.318 e. The largest absolute Gasteiger partial charge is 0.318 e. The van der Waals surface area contributed by atoms with Gasteiger partial charge in [-0.25, -0.2) is 18.0 Å². The maximum atomic E-state index is 12.7. The third-order valence-corrected chi connectivity index (χ3v) is 4.23. The van der Waals surface area contributed by atoms with E-state index in [2.05, 4.69) is 9.97 Å². The lowest BCUT2D eigenvalue weighted by atomic mass is 10.2. The number of hydrogen-bond donors (Lipinski definition) is 0. The Labute approximate surface area is 131 Å². The second-order valence-corrected chi connectivity index (χ2v) is 6.90. The van der Waals surface area contributed by atoms with Gasteiger partial charge < -0.3 is 4.57 Å². The molecule has 0 saturated carbocycles. The molecule has 0 unspecified atom stereocenters. The second-order valence-electron chi connectivity index (χ2n) is 4.99. The summed E-state index contributed by atoms with van der Waals surface area (Å²) in [6.07, 6.45) is 2.38. The minimum absolute atomic E-state index is 0.0734. The van der Waals surface area contributed by atoms with Crippen molar-refractivity contribution in [3.63, 3.8) is 0 Å². The number of hydrogen-bond acceptors (Lipinski definition) is 6. The van der Waals surface area contributed by atoms with E-state index >= 15 is 0 Å². The Bertz CT molecular complexity index is 1120. The molecule has 9 heteroatoms. The monoisotopic (exact) mass is 329 g/mol. The summed E-state index contributed by atoms with van der Waals surface area (Å²) in [4.78, 5) is 20.8. The van der Waals surface area contributed by atoms with Gasteiger partial charge in [0.05, 0.1) is 23.6 Å². The third-order valence-electron chi connectivity index (χ3n) is 3.29. The first-order valence-electron chi connectivity index (χ1n) is 6.47. The van der Waals surface area contributed by atoms with E-state index in [1.54, 1.807) is 7.05 Å². The van der Waals surface area contributed by atoms with Crippen LogP contribution in [0.1, 0.15) is 5.56 Å². The lowest BCUT2D eigenvalue weighted by Gasteiger charge is -2.11. The molecule has 116 valence electrons. The van der Waals surface area contributed by atoms with Gasteiger partial charge in [0.1, 0.15) is 0 Å². The van der Waals surface area contributed by atoms with Crippen molar-refractivity contribution in [1.82, 2.24) is 19.1 Å². The molecule has 8 nitrogen and oxygen atoms in total. The van der Waals surface area contributed by atoms with Crippen LogP contribution in [0.2, 0.25) is 0 Å². The molecule has 23 heavy (non-hydrogen) atoms. The fourth-order valence-electron chi connectivity index (χ4n) is 2.20. The molecule has 2 heterocycles. The van der Waals surface area contributed by atoms with Crippen molar-refractivity contribution < 1.29 is 8.42 Å². The minimum atomic E-state index is -3.76. The zero-order chi connectivity index (χ0) is 16.8. The number of rotatable bonds is 2. The molecule has 0 aliphatic heterocycles. The third kappa shape index (κ3) is 2.39. The van der Waals surface area contributed by atoms with E-state index in [-0.39, 0.29) is 16.3 Å². The van der Waals surface area contributed by atoms with Crippen LogP contribution in [0.5, 0.6) is 0 Å². The van der Waals surface area contributed by atoms with Crippen LogP contribution in [0, 0.1) is 11.3 Å². The van der Waals surface area contributed by atoms with E-state index in [9.17, 15) is 13.2 Å². The van der Waals surface area contributed by atoms with Crippen molar-refractivity contribution in [3.05, 3.63) is 46.5 Å². The first-order valence-corrected chi connectivity index (χ1v) is 8.37. The van der Waals surface area contributed by atoms with Crippen molar-refractivity contribution in [2.24, 2.45) is 7.05 Å². The van der Waals surface area contributed by atoms with Gasteiger partial charge in [-0.05, 0) is 24.3 Å². The summed E-state index contributed by atoms with van der Waals surface area (Å²) in [7, 11) is -2.14. The molecule has 0 fully saturated rings. The van der Waals surface area contributed by atoms with Crippen LogP contribution >= 0.6 is 0 Å². The van der Waals surface area contributed by atoms with Crippen molar-refractivity contribution >= 4 is 21.0 Å². The molecule has 0 radical (unpaired) electrons. The maximum absolute atomic E-state index is 12.7. The average Bonchev–Trinajstić information content (AvgIpc) is 2.88. The standard InChI is InChI=1S/C14H11N5O3S/c1-18-8-16-11-12(18)17-14(23(2,21)22)19(13(11)20)10-5-3-9(7-15)4-6-10/h3-6,8H,1-2H3. The SMILES string of the molecule is Cn1cnc2c(=O)n(-c3ccc(C#N)cc3)c(S(C)(=O)=O)nc21. The Morgan fingerprint density at radius 2 is 1.87 bits per heavy atom. The van der Waals surface area contributed by atoms with Crippen LogP contribution < -0.4 is 5.56 Å². The van der Waals surface area contributed by atoms with Crippen LogP contribution in [-0.4, -0.2) is 33.8 Å². The predicted octanol–water partition coefficient (Wildman–Crippen LogP) is 0.394. The highest BCUT2D eigenvalue weighted by Crippen LogP contribution is 2.16. The summed E-state index contributed by atoms with van der Waals surface area (Å²) in [6, 6.07) is 7.94. The maximum Gasteiger partial charge on any atom is 0.287 e. The van der Waals surface area contributed by atoms with Gasteiger partial charge in [-0.3, -0.25) is 4.79 Å². The molecule has 0 atom stereocenters. The molecular formula is C14H11N5O3S. The number of benzene rings is 1. The Kier molecular flexibility index (Phi) is 3.26. The van der Waals surface area contributed by atoms with Crippen molar-refractivity contribution in [1.29, 1.82) is 5.26 Å². The van der Waals surface area contributed by atoms with E-state index in [1.807, 2.05) is 6.07 Å². The van der Waals surface area contributed by atoms with Gasteiger partial charge in [0.2, 0.25) is 15.0 Å². The number of fused-ring (bicyclic) bond motifs is 1. The number of imidazole rings is 1. The molecular weight excluding hydrogens is 318 g/mol. The molecule has 0 N–H and O–H groups in total.